The van der Waals surface area contributed by atoms with Crippen LogP contribution in [0.2, 0.25) is 0 Å². The largest absolute Gasteiger partial charge is 0.338 e. The molecule has 1 fully saturated rings. The number of alkyl halides is 1. The minimum atomic E-state index is -3.13. The van der Waals surface area contributed by atoms with E-state index in [9.17, 15) is 8.42 Å². The van der Waals surface area contributed by atoms with E-state index in [4.69, 9.17) is 11.6 Å². The van der Waals surface area contributed by atoms with E-state index >= 15 is 0 Å². The first-order valence-electron chi connectivity index (χ1n) is 5.98. The predicted molar refractivity (Wildman–Crippen MR) is 80.8 cm³/mol. The van der Waals surface area contributed by atoms with Crippen molar-refractivity contribution in [3.8, 4) is 0 Å². The molecule has 1 aromatic rings. The number of thioether (sulfide) groups is 1. The van der Waals surface area contributed by atoms with Crippen LogP contribution in [0.1, 0.15) is 11.3 Å². The van der Waals surface area contributed by atoms with Crippen LogP contribution in [0.25, 0.3) is 0 Å². The third kappa shape index (κ3) is 2.87. The highest BCUT2D eigenvalue weighted by Crippen LogP contribution is 2.31. The summed E-state index contributed by atoms with van der Waals surface area (Å²) >= 11 is 7.67. The van der Waals surface area contributed by atoms with Crippen LogP contribution in [0.4, 0.5) is 5.82 Å². The van der Waals surface area contributed by atoms with Crippen LogP contribution in [-0.2, 0) is 22.8 Å². The molecule has 0 amide bonds. The minimum absolute atomic E-state index is 0.342. The summed E-state index contributed by atoms with van der Waals surface area (Å²) in [5.74, 6) is 2.68. The van der Waals surface area contributed by atoms with Crippen LogP contribution in [0.15, 0.2) is 0 Å². The molecule has 0 aromatic carbocycles. The SMILES string of the molecule is Cc1nn(C)c(N2CCSCC2S(C)(=O)=O)c1CCl. The van der Waals surface area contributed by atoms with Gasteiger partial charge in [-0.1, -0.05) is 0 Å². The molecule has 0 saturated carbocycles. The molecular weight excluding hydrogens is 306 g/mol. The average Bonchev–Trinajstić information content (AvgIpc) is 2.62. The normalized spacial score (nSPS) is 20.8. The lowest BCUT2D eigenvalue weighted by molar-refractivity contribution is 0.580. The summed E-state index contributed by atoms with van der Waals surface area (Å²) in [5.41, 5.74) is 1.78. The molecule has 2 rings (SSSR count). The maximum atomic E-state index is 12.0. The molecule has 1 saturated heterocycles. The predicted octanol–water partition coefficient (Wildman–Crippen LogP) is 1.39. The summed E-state index contributed by atoms with van der Waals surface area (Å²) in [7, 11) is -1.30. The number of halogens is 1. The number of sulfone groups is 1. The Labute approximate surface area is 123 Å². The zero-order chi connectivity index (χ0) is 14.2. The molecule has 8 heteroatoms. The molecule has 0 spiro atoms. The van der Waals surface area contributed by atoms with Gasteiger partial charge in [-0.05, 0) is 6.92 Å². The highest BCUT2D eigenvalue weighted by Gasteiger charge is 2.34. The van der Waals surface area contributed by atoms with Crippen molar-refractivity contribution in [2.45, 2.75) is 18.2 Å². The fraction of sp³-hybridized carbons (Fsp3) is 0.727. The minimum Gasteiger partial charge on any atom is -0.338 e. The van der Waals surface area contributed by atoms with E-state index in [1.807, 2.05) is 18.9 Å². The summed E-state index contributed by atoms with van der Waals surface area (Å²) in [5, 5.41) is 3.87. The van der Waals surface area contributed by atoms with Crippen LogP contribution < -0.4 is 4.90 Å². The van der Waals surface area contributed by atoms with Gasteiger partial charge in [0.2, 0.25) is 0 Å². The maximum Gasteiger partial charge on any atom is 0.169 e. The first-order valence-corrected chi connectivity index (χ1v) is 9.62. The lowest BCUT2D eigenvalue weighted by Gasteiger charge is -2.36. The smallest absolute Gasteiger partial charge is 0.169 e. The van der Waals surface area contributed by atoms with E-state index in [1.54, 1.807) is 16.4 Å². The van der Waals surface area contributed by atoms with Crippen molar-refractivity contribution in [2.75, 3.05) is 29.2 Å². The molecule has 0 aliphatic carbocycles. The van der Waals surface area contributed by atoms with Gasteiger partial charge in [-0.2, -0.15) is 16.9 Å². The summed E-state index contributed by atoms with van der Waals surface area (Å²) in [6.45, 7) is 2.60. The van der Waals surface area contributed by atoms with Crippen molar-refractivity contribution >= 4 is 39.0 Å². The van der Waals surface area contributed by atoms with Crippen LogP contribution >= 0.6 is 23.4 Å². The summed E-state index contributed by atoms with van der Waals surface area (Å²) in [6, 6.07) is 0. The van der Waals surface area contributed by atoms with Crippen molar-refractivity contribution in [2.24, 2.45) is 7.05 Å². The molecule has 1 atom stereocenters. The lowest BCUT2D eigenvalue weighted by atomic mass is 10.2. The molecular formula is C11H18ClN3O2S2. The number of hydrogen-bond donors (Lipinski definition) is 0. The van der Waals surface area contributed by atoms with Gasteiger partial charge in [0.25, 0.3) is 0 Å². The number of aryl methyl sites for hydroxylation is 2. The molecule has 1 aliphatic rings. The van der Waals surface area contributed by atoms with Gasteiger partial charge in [0.1, 0.15) is 11.2 Å². The van der Waals surface area contributed by atoms with Crippen LogP contribution in [-0.4, -0.2) is 47.9 Å². The van der Waals surface area contributed by atoms with Gasteiger partial charge in [0.15, 0.2) is 9.84 Å². The zero-order valence-corrected chi connectivity index (χ0v) is 13.6. The first-order chi connectivity index (χ1) is 8.86. The van der Waals surface area contributed by atoms with Gasteiger partial charge in [-0.15, -0.1) is 11.6 Å². The standard InChI is InChI=1S/C11H18ClN3O2S2/c1-8-9(6-12)11(14(2)13-8)15-4-5-18-7-10(15)19(3,16)17/h10H,4-7H2,1-3H3. The molecule has 19 heavy (non-hydrogen) atoms. The van der Waals surface area contributed by atoms with E-state index in [2.05, 4.69) is 5.10 Å². The quantitative estimate of drug-likeness (QED) is 0.787. The Morgan fingerprint density at radius 3 is 2.79 bits per heavy atom. The van der Waals surface area contributed by atoms with Crippen molar-refractivity contribution in [1.29, 1.82) is 0 Å². The Morgan fingerprint density at radius 2 is 2.21 bits per heavy atom. The van der Waals surface area contributed by atoms with E-state index in [-0.39, 0.29) is 0 Å². The number of nitrogens with zero attached hydrogens (tertiary/aromatic N) is 3. The van der Waals surface area contributed by atoms with Gasteiger partial charge in [-0.25, -0.2) is 8.42 Å². The van der Waals surface area contributed by atoms with Crippen molar-refractivity contribution in [1.82, 2.24) is 9.78 Å². The van der Waals surface area contributed by atoms with Crippen molar-refractivity contribution in [3.05, 3.63) is 11.3 Å². The first kappa shape index (κ1) is 15.0. The second kappa shape index (κ2) is 5.54. The fourth-order valence-electron chi connectivity index (χ4n) is 2.38. The summed E-state index contributed by atoms with van der Waals surface area (Å²) < 4.78 is 25.7. The fourth-order valence-corrected chi connectivity index (χ4v) is 5.52. The highest BCUT2D eigenvalue weighted by molar-refractivity contribution is 8.01. The Hall–Kier alpha value is -0.400. The third-order valence-electron chi connectivity index (χ3n) is 3.30. The molecule has 108 valence electrons. The number of hydrogen-bond acceptors (Lipinski definition) is 5. The molecule has 1 aliphatic heterocycles. The maximum absolute atomic E-state index is 12.0. The molecule has 2 heterocycles. The van der Waals surface area contributed by atoms with Crippen LogP contribution in [0, 0.1) is 6.92 Å². The van der Waals surface area contributed by atoms with E-state index in [0.717, 1.165) is 22.8 Å². The van der Waals surface area contributed by atoms with Crippen molar-refractivity contribution in [3.63, 3.8) is 0 Å². The average molecular weight is 324 g/mol. The van der Waals surface area contributed by atoms with E-state index in [1.165, 1.54) is 6.26 Å². The number of rotatable bonds is 3. The molecule has 1 unspecified atom stereocenters. The van der Waals surface area contributed by atoms with Gasteiger partial charge in [0, 0.05) is 36.9 Å². The third-order valence-corrected chi connectivity index (χ3v) is 6.21. The number of aromatic nitrogens is 2. The zero-order valence-electron chi connectivity index (χ0n) is 11.3. The van der Waals surface area contributed by atoms with Gasteiger partial charge in [-0.3, -0.25) is 4.68 Å². The van der Waals surface area contributed by atoms with Crippen LogP contribution in [0.5, 0.6) is 0 Å². The summed E-state index contributed by atoms with van der Waals surface area (Å²) in [6.07, 6.45) is 1.29. The van der Waals surface area contributed by atoms with E-state index < -0.39 is 15.2 Å². The monoisotopic (exact) mass is 323 g/mol. The van der Waals surface area contributed by atoms with Crippen molar-refractivity contribution < 1.29 is 8.42 Å². The molecule has 0 N–H and O–H groups in total. The topological polar surface area (TPSA) is 55.2 Å². The molecule has 1 aromatic heterocycles. The molecule has 0 radical (unpaired) electrons. The molecule has 0 bridgehead atoms. The van der Waals surface area contributed by atoms with Gasteiger partial charge < -0.3 is 4.90 Å². The second-order valence-electron chi connectivity index (χ2n) is 4.70. The highest BCUT2D eigenvalue weighted by atomic mass is 35.5. The Bertz CT molecular complexity index is 571. The second-order valence-corrected chi connectivity index (χ2v) is 8.32. The Kier molecular flexibility index (Phi) is 4.37. The molecule has 5 nitrogen and oxygen atoms in total. The Morgan fingerprint density at radius 1 is 1.53 bits per heavy atom. The van der Waals surface area contributed by atoms with Crippen LogP contribution in [0.3, 0.4) is 0 Å². The lowest BCUT2D eigenvalue weighted by Crippen LogP contribution is -2.48. The van der Waals surface area contributed by atoms with Gasteiger partial charge in [0.05, 0.1) is 11.6 Å². The van der Waals surface area contributed by atoms with Gasteiger partial charge >= 0.3 is 0 Å². The summed E-state index contributed by atoms with van der Waals surface area (Å²) in [4.78, 5) is 1.93. The van der Waals surface area contributed by atoms with E-state index in [0.29, 0.717) is 18.2 Å². The Balaban J connectivity index is 2.49. The number of anilines is 1.